The van der Waals surface area contributed by atoms with E-state index in [1.165, 1.54) is 5.56 Å². The van der Waals surface area contributed by atoms with E-state index in [0.29, 0.717) is 0 Å². The summed E-state index contributed by atoms with van der Waals surface area (Å²) < 4.78 is 5.37. The molecular formula is C15H14O2. The highest BCUT2D eigenvalue weighted by Gasteiger charge is 2.29. The van der Waals surface area contributed by atoms with E-state index in [2.05, 4.69) is 18.2 Å². The summed E-state index contributed by atoms with van der Waals surface area (Å²) in [5, 5.41) is 9.66. The van der Waals surface area contributed by atoms with Gasteiger partial charge in [0.25, 0.3) is 0 Å². The van der Waals surface area contributed by atoms with Gasteiger partial charge in [0.15, 0.2) is 0 Å². The average molecular weight is 226 g/mol. The molecule has 2 nitrogen and oxygen atoms in total. The summed E-state index contributed by atoms with van der Waals surface area (Å²) in [6.07, 6.45) is -0.712. The Hall–Kier alpha value is -1.80. The van der Waals surface area contributed by atoms with Crippen molar-refractivity contribution in [2.24, 2.45) is 0 Å². The lowest BCUT2D eigenvalue weighted by atomic mass is 9.97. The molecule has 0 saturated heterocycles. The molecule has 0 spiro atoms. The zero-order chi connectivity index (χ0) is 11.8. The van der Waals surface area contributed by atoms with Crippen LogP contribution in [0.4, 0.5) is 0 Å². The molecule has 0 aliphatic carbocycles. The van der Waals surface area contributed by atoms with Crippen molar-refractivity contribution < 1.29 is 9.84 Å². The molecule has 0 bridgehead atoms. The summed E-state index contributed by atoms with van der Waals surface area (Å²) >= 11 is 0. The van der Waals surface area contributed by atoms with Crippen LogP contribution in [0.15, 0.2) is 48.5 Å². The third kappa shape index (κ3) is 1.71. The molecule has 1 aliphatic heterocycles. The molecular weight excluding hydrogens is 212 g/mol. The standard InChI is InChI=1S/C15H14O2/c1-10-13-9-12(11-5-3-2-4-6-11)7-8-14(13)17-15(10)16/h2-10,15-16H,1H3/t10-,15+/m1/s1. The minimum Gasteiger partial charge on any atom is -0.464 e. The van der Waals surface area contributed by atoms with Crippen molar-refractivity contribution >= 4 is 0 Å². The topological polar surface area (TPSA) is 29.5 Å². The first-order chi connectivity index (χ1) is 8.25. The SMILES string of the molecule is C[C@@H]1c2cc(-c3ccccc3)ccc2O[C@@H]1O. The highest BCUT2D eigenvalue weighted by molar-refractivity contribution is 5.66. The van der Waals surface area contributed by atoms with E-state index in [4.69, 9.17) is 4.74 Å². The van der Waals surface area contributed by atoms with Crippen molar-refractivity contribution in [1.29, 1.82) is 0 Å². The van der Waals surface area contributed by atoms with Crippen LogP contribution < -0.4 is 4.74 Å². The molecule has 86 valence electrons. The van der Waals surface area contributed by atoms with Gasteiger partial charge in [-0.2, -0.15) is 0 Å². The molecule has 2 aromatic carbocycles. The quantitative estimate of drug-likeness (QED) is 0.809. The van der Waals surface area contributed by atoms with E-state index in [-0.39, 0.29) is 5.92 Å². The summed E-state index contributed by atoms with van der Waals surface area (Å²) in [6.45, 7) is 1.98. The van der Waals surface area contributed by atoms with Crippen LogP contribution in [0, 0.1) is 0 Å². The van der Waals surface area contributed by atoms with Crippen LogP contribution in [0.3, 0.4) is 0 Å². The zero-order valence-electron chi connectivity index (χ0n) is 9.63. The Morgan fingerprint density at radius 3 is 2.53 bits per heavy atom. The van der Waals surface area contributed by atoms with Crippen LogP contribution in [0.25, 0.3) is 11.1 Å². The number of hydrogen-bond donors (Lipinski definition) is 1. The Bertz CT molecular complexity index is 534. The fraction of sp³-hybridized carbons (Fsp3) is 0.200. The maximum Gasteiger partial charge on any atom is 0.204 e. The Morgan fingerprint density at radius 1 is 1.00 bits per heavy atom. The van der Waals surface area contributed by atoms with E-state index >= 15 is 0 Å². The molecule has 1 N–H and O–H groups in total. The minimum absolute atomic E-state index is 0.0358. The number of aliphatic hydroxyl groups is 1. The van der Waals surface area contributed by atoms with E-state index in [0.717, 1.165) is 16.9 Å². The van der Waals surface area contributed by atoms with Gasteiger partial charge >= 0.3 is 0 Å². The molecule has 3 rings (SSSR count). The van der Waals surface area contributed by atoms with Gasteiger partial charge in [0.2, 0.25) is 6.29 Å². The van der Waals surface area contributed by atoms with Gasteiger partial charge in [-0.05, 0) is 23.3 Å². The number of aliphatic hydroxyl groups excluding tert-OH is 1. The molecule has 2 aromatic rings. The van der Waals surface area contributed by atoms with Crippen molar-refractivity contribution in [3.8, 4) is 16.9 Å². The lowest BCUT2D eigenvalue weighted by molar-refractivity contribution is -0.0141. The van der Waals surface area contributed by atoms with Crippen molar-refractivity contribution in [3.05, 3.63) is 54.1 Å². The molecule has 0 fully saturated rings. The summed E-state index contributed by atoms with van der Waals surface area (Å²) in [5.74, 6) is 0.832. The molecule has 2 heteroatoms. The molecule has 0 radical (unpaired) electrons. The zero-order valence-corrected chi connectivity index (χ0v) is 9.63. The predicted octanol–water partition coefficient (Wildman–Crippen LogP) is 3.17. The Kier molecular flexibility index (Phi) is 2.37. The van der Waals surface area contributed by atoms with Crippen LogP contribution in [0.1, 0.15) is 18.4 Å². The summed E-state index contributed by atoms with van der Waals surface area (Å²) in [7, 11) is 0. The molecule has 2 atom stereocenters. The second-order valence-corrected chi connectivity index (χ2v) is 4.42. The van der Waals surface area contributed by atoms with E-state index in [1.807, 2.05) is 37.3 Å². The molecule has 0 aromatic heterocycles. The second-order valence-electron chi connectivity index (χ2n) is 4.42. The first-order valence-corrected chi connectivity index (χ1v) is 5.80. The maximum absolute atomic E-state index is 9.66. The molecule has 1 aliphatic rings. The summed E-state index contributed by atoms with van der Waals surface area (Å²) in [5.41, 5.74) is 3.43. The van der Waals surface area contributed by atoms with Gasteiger partial charge in [0.05, 0.1) is 0 Å². The third-order valence-electron chi connectivity index (χ3n) is 3.28. The fourth-order valence-electron chi connectivity index (χ4n) is 2.21. The van der Waals surface area contributed by atoms with Gasteiger partial charge in [0.1, 0.15) is 5.75 Å². The van der Waals surface area contributed by atoms with Crippen molar-refractivity contribution in [3.63, 3.8) is 0 Å². The Morgan fingerprint density at radius 2 is 1.76 bits per heavy atom. The normalized spacial score (nSPS) is 22.0. The van der Waals surface area contributed by atoms with Gasteiger partial charge < -0.3 is 9.84 Å². The number of benzene rings is 2. The van der Waals surface area contributed by atoms with Gasteiger partial charge in [-0.3, -0.25) is 0 Å². The first-order valence-electron chi connectivity index (χ1n) is 5.80. The number of fused-ring (bicyclic) bond motifs is 1. The van der Waals surface area contributed by atoms with Crippen LogP contribution >= 0.6 is 0 Å². The minimum atomic E-state index is -0.712. The molecule has 0 unspecified atom stereocenters. The lowest BCUT2D eigenvalue weighted by Gasteiger charge is -2.06. The summed E-state index contributed by atoms with van der Waals surface area (Å²) in [6, 6.07) is 16.3. The number of rotatable bonds is 1. The average Bonchev–Trinajstić information content (AvgIpc) is 2.66. The third-order valence-corrected chi connectivity index (χ3v) is 3.28. The largest absolute Gasteiger partial charge is 0.464 e. The second kappa shape index (κ2) is 3.90. The van der Waals surface area contributed by atoms with Crippen LogP contribution in [-0.4, -0.2) is 11.4 Å². The van der Waals surface area contributed by atoms with Crippen molar-refractivity contribution in [1.82, 2.24) is 0 Å². The fourth-order valence-corrected chi connectivity index (χ4v) is 2.21. The molecule has 0 saturated carbocycles. The van der Waals surface area contributed by atoms with E-state index in [9.17, 15) is 5.11 Å². The Labute approximate surface area is 100 Å². The first kappa shape index (κ1) is 10.4. The highest BCUT2D eigenvalue weighted by Crippen LogP contribution is 2.39. The number of hydrogen-bond acceptors (Lipinski definition) is 2. The van der Waals surface area contributed by atoms with Gasteiger partial charge in [-0.15, -0.1) is 0 Å². The van der Waals surface area contributed by atoms with Crippen molar-refractivity contribution in [2.45, 2.75) is 19.1 Å². The summed E-state index contributed by atoms with van der Waals surface area (Å²) in [4.78, 5) is 0. The van der Waals surface area contributed by atoms with Gasteiger partial charge in [0, 0.05) is 11.5 Å². The van der Waals surface area contributed by atoms with Crippen LogP contribution in [-0.2, 0) is 0 Å². The maximum atomic E-state index is 9.66. The van der Waals surface area contributed by atoms with Crippen LogP contribution in [0.5, 0.6) is 5.75 Å². The number of ether oxygens (including phenoxy) is 1. The van der Waals surface area contributed by atoms with Crippen molar-refractivity contribution in [2.75, 3.05) is 0 Å². The molecule has 0 amide bonds. The lowest BCUT2D eigenvalue weighted by Crippen LogP contribution is -2.14. The molecule has 17 heavy (non-hydrogen) atoms. The van der Waals surface area contributed by atoms with Crippen LogP contribution in [0.2, 0.25) is 0 Å². The molecule has 1 heterocycles. The predicted molar refractivity (Wildman–Crippen MR) is 66.9 cm³/mol. The van der Waals surface area contributed by atoms with Gasteiger partial charge in [-0.25, -0.2) is 0 Å². The van der Waals surface area contributed by atoms with E-state index < -0.39 is 6.29 Å². The van der Waals surface area contributed by atoms with E-state index in [1.54, 1.807) is 0 Å². The smallest absolute Gasteiger partial charge is 0.204 e. The Balaban J connectivity index is 2.06. The monoisotopic (exact) mass is 226 g/mol. The van der Waals surface area contributed by atoms with Gasteiger partial charge in [-0.1, -0.05) is 43.3 Å². The highest BCUT2D eigenvalue weighted by atomic mass is 16.6.